The standard InChI is InChI=1S/C17H17BrO4/c1-11(12-7-5-4-6-8-12)22-17(19)13-9-14(20-2)16(18)15(10-13)21-3/h4-11H,1-3H3/t11-/m0/s1. The second-order valence-electron chi connectivity index (χ2n) is 4.65. The predicted molar refractivity (Wildman–Crippen MR) is 87.5 cm³/mol. The van der Waals surface area contributed by atoms with E-state index in [1.807, 2.05) is 37.3 Å². The highest BCUT2D eigenvalue weighted by Crippen LogP contribution is 2.36. The van der Waals surface area contributed by atoms with Gasteiger partial charge in [-0.2, -0.15) is 0 Å². The Kier molecular flexibility index (Phi) is 5.44. The fourth-order valence-corrected chi connectivity index (χ4v) is 2.56. The number of hydrogen-bond donors (Lipinski definition) is 0. The Morgan fingerprint density at radius 3 is 2.09 bits per heavy atom. The maximum Gasteiger partial charge on any atom is 0.339 e. The molecule has 0 amide bonds. The summed E-state index contributed by atoms with van der Waals surface area (Å²) in [5, 5.41) is 0. The molecule has 0 fully saturated rings. The normalized spacial score (nSPS) is 11.6. The Labute approximate surface area is 138 Å². The van der Waals surface area contributed by atoms with Crippen LogP contribution >= 0.6 is 15.9 Å². The van der Waals surface area contributed by atoms with Crippen molar-refractivity contribution in [3.05, 3.63) is 58.1 Å². The third kappa shape index (κ3) is 3.60. The van der Waals surface area contributed by atoms with E-state index in [2.05, 4.69) is 15.9 Å². The van der Waals surface area contributed by atoms with Crippen LogP contribution in [0.5, 0.6) is 11.5 Å². The highest BCUT2D eigenvalue weighted by molar-refractivity contribution is 9.10. The van der Waals surface area contributed by atoms with Crippen LogP contribution < -0.4 is 9.47 Å². The molecule has 1 atom stereocenters. The van der Waals surface area contributed by atoms with E-state index >= 15 is 0 Å². The van der Waals surface area contributed by atoms with E-state index in [4.69, 9.17) is 14.2 Å². The Morgan fingerprint density at radius 1 is 1.05 bits per heavy atom. The number of carbonyl (C=O) groups is 1. The number of rotatable bonds is 5. The summed E-state index contributed by atoms with van der Waals surface area (Å²) < 4.78 is 16.6. The summed E-state index contributed by atoms with van der Waals surface area (Å²) in [6.45, 7) is 1.83. The van der Waals surface area contributed by atoms with Gasteiger partial charge in [-0.25, -0.2) is 4.79 Å². The van der Waals surface area contributed by atoms with Gasteiger partial charge in [-0.15, -0.1) is 0 Å². The van der Waals surface area contributed by atoms with Crippen LogP contribution in [-0.4, -0.2) is 20.2 Å². The fraction of sp³-hybridized carbons (Fsp3) is 0.235. The molecule has 2 rings (SSSR count). The van der Waals surface area contributed by atoms with Crippen LogP contribution in [-0.2, 0) is 4.74 Å². The van der Waals surface area contributed by atoms with Gasteiger partial charge in [0.25, 0.3) is 0 Å². The Balaban J connectivity index is 2.22. The van der Waals surface area contributed by atoms with Crippen molar-refractivity contribution in [2.45, 2.75) is 13.0 Å². The van der Waals surface area contributed by atoms with Crippen molar-refractivity contribution in [1.82, 2.24) is 0 Å². The molecule has 0 aliphatic rings. The summed E-state index contributed by atoms with van der Waals surface area (Å²) in [5.74, 6) is 0.595. The third-order valence-electron chi connectivity index (χ3n) is 3.23. The van der Waals surface area contributed by atoms with Crippen LogP contribution in [0.2, 0.25) is 0 Å². The lowest BCUT2D eigenvalue weighted by Gasteiger charge is -2.15. The third-order valence-corrected chi connectivity index (χ3v) is 4.02. The fourth-order valence-electron chi connectivity index (χ4n) is 2.01. The van der Waals surface area contributed by atoms with Crippen molar-refractivity contribution in [3.8, 4) is 11.5 Å². The second kappa shape index (κ2) is 7.31. The van der Waals surface area contributed by atoms with Crippen molar-refractivity contribution in [3.63, 3.8) is 0 Å². The van der Waals surface area contributed by atoms with Crippen LogP contribution in [0.3, 0.4) is 0 Å². The number of ether oxygens (including phenoxy) is 3. The second-order valence-corrected chi connectivity index (χ2v) is 5.45. The first-order valence-electron chi connectivity index (χ1n) is 6.74. The molecule has 2 aromatic carbocycles. The smallest absolute Gasteiger partial charge is 0.339 e. The van der Waals surface area contributed by atoms with Gasteiger partial charge in [-0.3, -0.25) is 0 Å². The molecule has 0 unspecified atom stereocenters. The highest BCUT2D eigenvalue weighted by Gasteiger charge is 2.18. The lowest BCUT2D eigenvalue weighted by Crippen LogP contribution is -2.10. The van der Waals surface area contributed by atoms with Gasteiger partial charge >= 0.3 is 5.97 Å². The molecule has 116 valence electrons. The summed E-state index contributed by atoms with van der Waals surface area (Å²) >= 11 is 3.37. The maximum atomic E-state index is 12.3. The van der Waals surface area contributed by atoms with E-state index < -0.39 is 5.97 Å². The van der Waals surface area contributed by atoms with Crippen LogP contribution in [0.25, 0.3) is 0 Å². The molecule has 0 saturated heterocycles. The largest absolute Gasteiger partial charge is 0.495 e. The monoisotopic (exact) mass is 364 g/mol. The van der Waals surface area contributed by atoms with Gasteiger partial charge in [0.05, 0.1) is 19.8 Å². The molecule has 4 nitrogen and oxygen atoms in total. The first kappa shape index (κ1) is 16.4. The van der Waals surface area contributed by atoms with Crippen molar-refractivity contribution >= 4 is 21.9 Å². The van der Waals surface area contributed by atoms with Gasteiger partial charge in [0.15, 0.2) is 0 Å². The minimum Gasteiger partial charge on any atom is -0.495 e. The average molecular weight is 365 g/mol. The van der Waals surface area contributed by atoms with Crippen LogP contribution in [0.1, 0.15) is 28.9 Å². The van der Waals surface area contributed by atoms with E-state index in [1.54, 1.807) is 12.1 Å². The molecule has 0 spiro atoms. The molecule has 0 heterocycles. The van der Waals surface area contributed by atoms with Crippen LogP contribution in [0, 0.1) is 0 Å². The summed E-state index contributed by atoms with van der Waals surface area (Å²) in [4.78, 5) is 12.3. The van der Waals surface area contributed by atoms with Crippen LogP contribution in [0.4, 0.5) is 0 Å². The molecular weight excluding hydrogens is 348 g/mol. The molecule has 0 aliphatic carbocycles. The molecule has 2 aromatic rings. The van der Waals surface area contributed by atoms with E-state index in [9.17, 15) is 4.79 Å². The van der Waals surface area contributed by atoms with Crippen LogP contribution in [0.15, 0.2) is 46.9 Å². The van der Waals surface area contributed by atoms with Crippen molar-refractivity contribution in [2.75, 3.05) is 14.2 Å². The minimum absolute atomic E-state index is 0.339. The van der Waals surface area contributed by atoms with Gasteiger partial charge in [0.1, 0.15) is 22.1 Å². The molecule has 0 N–H and O–H groups in total. The van der Waals surface area contributed by atoms with Gasteiger partial charge in [-0.05, 0) is 40.5 Å². The first-order chi connectivity index (χ1) is 10.6. The van der Waals surface area contributed by atoms with E-state index in [0.29, 0.717) is 21.5 Å². The van der Waals surface area contributed by atoms with E-state index in [1.165, 1.54) is 14.2 Å². The number of carbonyl (C=O) groups excluding carboxylic acids is 1. The number of halogens is 1. The lowest BCUT2D eigenvalue weighted by molar-refractivity contribution is 0.0337. The summed E-state index contributed by atoms with van der Waals surface area (Å²) in [6.07, 6.45) is -0.339. The molecule has 0 radical (unpaired) electrons. The Hall–Kier alpha value is -2.01. The summed E-state index contributed by atoms with van der Waals surface area (Å²) in [5.41, 5.74) is 1.31. The highest BCUT2D eigenvalue weighted by atomic mass is 79.9. The topological polar surface area (TPSA) is 44.8 Å². The SMILES string of the molecule is COc1cc(C(=O)O[C@@H](C)c2ccccc2)cc(OC)c1Br. The maximum absolute atomic E-state index is 12.3. The number of esters is 1. The zero-order valence-electron chi connectivity index (χ0n) is 12.6. The van der Waals surface area contributed by atoms with E-state index in [-0.39, 0.29) is 6.10 Å². The van der Waals surface area contributed by atoms with Gasteiger partial charge in [0.2, 0.25) is 0 Å². The van der Waals surface area contributed by atoms with Gasteiger partial charge in [0, 0.05) is 0 Å². The quantitative estimate of drug-likeness (QED) is 0.738. The van der Waals surface area contributed by atoms with Gasteiger partial charge in [-0.1, -0.05) is 30.3 Å². The number of benzene rings is 2. The number of hydrogen-bond acceptors (Lipinski definition) is 4. The zero-order valence-corrected chi connectivity index (χ0v) is 14.2. The van der Waals surface area contributed by atoms with E-state index in [0.717, 1.165) is 5.56 Å². The Bertz CT molecular complexity index is 630. The molecular formula is C17H17BrO4. The Morgan fingerprint density at radius 2 is 1.59 bits per heavy atom. The summed E-state index contributed by atoms with van der Waals surface area (Å²) in [6, 6.07) is 12.8. The zero-order chi connectivity index (χ0) is 16.1. The average Bonchev–Trinajstić information content (AvgIpc) is 2.55. The molecule has 5 heteroatoms. The van der Waals surface area contributed by atoms with Crippen molar-refractivity contribution in [2.24, 2.45) is 0 Å². The molecule has 0 aliphatic heterocycles. The number of methoxy groups -OCH3 is 2. The first-order valence-corrected chi connectivity index (χ1v) is 7.53. The van der Waals surface area contributed by atoms with Crippen molar-refractivity contribution < 1.29 is 19.0 Å². The lowest BCUT2D eigenvalue weighted by atomic mass is 10.1. The molecule has 0 aromatic heterocycles. The molecule has 0 saturated carbocycles. The minimum atomic E-state index is -0.430. The molecule has 0 bridgehead atoms. The molecule has 22 heavy (non-hydrogen) atoms. The summed E-state index contributed by atoms with van der Waals surface area (Å²) in [7, 11) is 3.06. The van der Waals surface area contributed by atoms with Gasteiger partial charge < -0.3 is 14.2 Å². The predicted octanol–water partition coefficient (Wildman–Crippen LogP) is 4.38. The van der Waals surface area contributed by atoms with Crippen molar-refractivity contribution in [1.29, 1.82) is 0 Å².